The fourth-order valence-corrected chi connectivity index (χ4v) is 3.00. The average molecular weight is 366 g/mol. The first-order valence-corrected chi connectivity index (χ1v) is 8.46. The van der Waals surface area contributed by atoms with E-state index in [1.54, 1.807) is 7.11 Å². The zero-order chi connectivity index (χ0) is 18.6. The third-order valence-electron chi connectivity index (χ3n) is 4.43. The number of rotatable bonds is 6. The quantitative estimate of drug-likeness (QED) is 0.851. The standard InChI is InChI=1S/C18H21F3N4O/c1-26-15-4-2-13(3-5-15)7-10-25-11-8-14(12-25)23-17-22-9-6-16(24-17)18(19,20)21/h2-6,9,14H,7-8,10-12H2,1H3,(H,22,23,24). The van der Waals surface area contributed by atoms with Crippen LogP contribution in [-0.2, 0) is 12.6 Å². The van der Waals surface area contributed by atoms with Crippen LogP contribution in [-0.4, -0.2) is 47.7 Å². The molecular formula is C18H21F3N4O. The Morgan fingerprint density at radius 3 is 2.69 bits per heavy atom. The highest BCUT2D eigenvalue weighted by atomic mass is 19.4. The normalized spacial score (nSPS) is 18.1. The SMILES string of the molecule is COc1ccc(CCN2CCC(Nc3nccc(C(F)(F)F)n3)C2)cc1. The first-order chi connectivity index (χ1) is 12.4. The lowest BCUT2D eigenvalue weighted by Gasteiger charge is -2.17. The molecule has 0 aliphatic carbocycles. The van der Waals surface area contributed by atoms with E-state index in [4.69, 9.17) is 4.74 Å². The monoisotopic (exact) mass is 366 g/mol. The number of nitrogens with one attached hydrogen (secondary N) is 1. The summed E-state index contributed by atoms with van der Waals surface area (Å²) in [5, 5.41) is 3.02. The van der Waals surface area contributed by atoms with Gasteiger partial charge in [0.25, 0.3) is 0 Å². The van der Waals surface area contributed by atoms with Crippen LogP contribution in [0, 0.1) is 0 Å². The van der Waals surface area contributed by atoms with Crippen molar-refractivity contribution < 1.29 is 17.9 Å². The Bertz CT molecular complexity index is 721. The Balaban J connectivity index is 1.49. The highest BCUT2D eigenvalue weighted by Crippen LogP contribution is 2.27. The number of halogens is 3. The molecule has 1 N–H and O–H groups in total. The number of ether oxygens (including phenoxy) is 1. The fraction of sp³-hybridized carbons (Fsp3) is 0.444. The van der Waals surface area contributed by atoms with Crippen molar-refractivity contribution in [2.75, 3.05) is 32.1 Å². The number of hydrogen-bond acceptors (Lipinski definition) is 5. The second-order valence-electron chi connectivity index (χ2n) is 6.29. The maximum absolute atomic E-state index is 12.7. The zero-order valence-electron chi connectivity index (χ0n) is 14.5. The number of benzene rings is 1. The lowest BCUT2D eigenvalue weighted by molar-refractivity contribution is -0.141. The summed E-state index contributed by atoms with van der Waals surface area (Å²) in [6.07, 6.45) is -1.56. The number of aromatic nitrogens is 2. The van der Waals surface area contributed by atoms with Gasteiger partial charge < -0.3 is 15.0 Å². The van der Waals surface area contributed by atoms with Crippen molar-refractivity contribution in [3.8, 4) is 5.75 Å². The Labute approximate surface area is 150 Å². The summed E-state index contributed by atoms with van der Waals surface area (Å²) in [6.45, 7) is 2.55. The van der Waals surface area contributed by atoms with E-state index >= 15 is 0 Å². The van der Waals surface area contributed by atoms with Gasteiger partial charge in [0.15, 0.2) is 0 Å². The van der Waals surface area contributed by atoms with Crippen molar-refractivity contribution in [3.63, 3.8) is 0 Å². The highest BCUT2D eigenvalue weighted by Gasteiger charge is 2.33. The Kier molecular flexibility index (Phi) is 5.61. The molecule has 0 radical (unpaired) electrons. The minimum absolute atomic E-state index is 0.0295. The predicted molar refractivity (Wildman–Crippen MR) is 92.2 cm³/mol. The predicted octanol–water partition coefficient (Wildman–Crippen LogP) is 3.23. The summed E-state index contributed by atoms with van der Waals surface area (Å²) in [5.41, 5.74) is 0.299. The van der Waals surface area contributed by atoms with Crippen LogP contribution in [0.15, 0.2) is 36.5 Å². The fourth-order valence-electron chi connectivity index (χ4n) is 3.00. The summed E-state index contributed by atoms with van der Waals surface area (Å²) < 4.78 is 43.3. The molecule has 1 atom stereocenters. The molecule has 1 aromatic heterocycles. The van der Waals surface area contributed by atoms with E-state index in [0.717, 1.165) is 50.5 Å². The number of alkyl halides is 3. The van der Waals surface area contributed by atoms with E-state index in [1.165, 1.54) is 5.56 Å². The molecule has 8 heteroatoms. The first-order valence-electron chi connectivity index (χ1n) is 8.46. The highest BCUT2D eigenvalue weighted by molar-refractivity contribution is 5.29. The van der Waals surface area contributed by atoms with Crippen molar-refractivity contribution >= 4 is 5.95 Å². The topological polar surface area (TPSA) is 50.3 Å². The molecule has 1 saturated heterocycles. The van der Waals surface area contributed by atoms with Gasteiger partial charge in [-0.2, -0.15) is 13.2 Å². The van der Waals surface area contributed by atoms with Gasteiger partial charge in [-0.15, -0.1) is 0 Å². The van der Waals surface area contributed by atoms with Crippen LogP contribution in [0.2, 0.25) is 0 Å². The van der Waals surface area contributed by atoms with E-state index in [2.05, 4.69) is 20.2 Å². The summed E-state index contributed by atoms with van der Waals surface area (Å²) in [5.74, 6) is 0.863. The molecule has 1 aliphatic heterocycles. The molecule has 1 aliphatic rings. The van der Waals surface area contributed by atoms with E-state index in [9.17, 15) is 13.2 Å². The third-order valence-corrected chi connectivity index (χ3v) is 4.43. The van der Waals surface area contributed by atoms with Crippen LogP contribution >= 0.6 is 0 Å². The first kappa shape index (κ1) is 18.4. The Morgan fingerprint density at radius 2 is 2.00 bits per heavy atom. The van der Waals surface area contributed by atoms with Crippen LogP contribution in [0.3, 0.4) is 0 Å². The number of methoxy groups -OCH3 is 1. The van der Waals surface area contributed by atoms with Gasteiger partial charge >= 0.3 is 6.18 Å². The average Bonchev–Trinajstić information content (AvgIpc) is 3.07. The Morgan fingerprint density at radius 1 is 1.23 bits per heavy atom. The lowest BCUT2D eigenvalue weighted by atomic mass is 10.1. The molecule has 2 aromatic rings. The minimum Gasteiger partial charge on any atom is -0.497 e. The smallest absolute Gasteiger partial charge is 0.433 e. The summed E-state index contributed by atoms with van der Waals surface area (Å²) in [6, 6.07) is 8.89. The summed E-state index contributed by atoms with van der Waals surface area (Å²) >= 11 is 0. The molecular weight excluding hydrogens is 345 g/mol. The summed E-state index contributed by atoms with van der Waals surface area (Å²) in [7, 11) is 1.64. The van der Waals surface area contributed by atoms with Gasteiger partial charge in [0, 0.05) is 31.9 Å². The van der Waals surface area contributed by atoms with Crippen molar-refractivity contribution in [2.45, 2.75) is 25.1 Å². The molecule has 5 nitrogen and oxygen atoms in total. The second-order valence-corrected chi connectivity index (χ2v) is 6.29. The molecule has 140 valence electrons. The number of likely N-dealkylation sites (tertiary alicyclic amines) is 1. The number of anilines is 1. The van der Waals surface area contributed by atoms with E-state index in [-0.39, 0.29) is 12.0 Å². The van der Waals surface area contributed by atoms with Crippen molar-refractivity contribution in [1.29, 1.82) is 0 Å². The van der Waals surface area contributed by atoms with Gasteiger partial charge in [-0.25, -0.2) is 9.97 Å². The van der Waals surface area contributed by atoms with Gasteiger partial charge in [-0.3, -0.25) is 0 Å². The largest absolute Gasteiger partial charge is 0.497 e. The van der Waals surface area contributed by atoms with Gasteiger partial charge in [-0.05, 0) is 36.6 Å². The number of nitrogens with zero attached hydrogens (tertiary/aromatic N) is 3. The molecule has 1 aromatic carbocycles. The lowest BCUT2D eigenvalue weighted by Crippen LogP contribution is -2.28. The van der Waals surface area contributed by atoms with Gasteiger partial charge in [0.05, 0.1) is 7.11 Å². The van der Waals surface area contributed by atoms with Crippen molar-refractivity contribution in [2.24, 2.45) is 0 Å². The van der Waals surface area contributed by atoms with Crippen LogP contribution in [0.25, 0.3) is 0 Å². The van der Waals surface area contributed by atoms with Crippen molar-refractivity contribution in [1.82, 2.24) is 14.9 Å². The maximum atomic E-state index is 12.7. The van der Waals surface area contributed by atoms with E-state index < -0.39 is 11.9 Å². The van der Waals surface area contributed by atoms with E-state index in [0.29, 0.717) is 0 Å². The molecule has 26 heavy (non-hydrogen) atoms. The molecule has 0 amide bonds. The molecule has 1 unspecified atom stereocenters. The minimum atomic E-state index is -4.46. The molecule has 1 fully saturated rings. The molecule has 0 saturated carbocycles. The van der Waals surface area contributed by atoms with Gasteiger partial charge in [-0.1, -0.05) is 12.1 Å². The molecule has 0 bridgehead atoms. The van der Waals surface area contributed by atoms with E-state index in [1.807, 2.05) is 24.3 Å². The molecule has 0 spiro atoms. The second kappa shape index (κ2) is 7.90. The van der Waals surface area contributed by atoms with Gasteiger partial charge in [0.1, 0.15) is 11.4 Å². The van der Waals surface area contributed by atoms with Crippen LogP contribution in [0.1, 0.15) is 17.7 Å². The van der Waals surface area contributed by atoms with Crippen LogP contribution in [0.5, 0.6) is 5.75 Å². The summed E-state index contributed by atoms with van der Waals surface area (Å²) in [4.78, 5) is 9.75. The Hall–Kier alpha value is -2.35. The number of hydrogen-bond donors (Lipinski definition) is 1. The molecule has 3 rings (SSSR count). The van der Waals surface area contributed by atoms with Crippen LogP contribution < -0.4 is 10.1 Å². The molecule has 2 heterocycles. The third kappa shape index (κ3) is 4.85. The maximum Gasteiger partial charge on any atom is 0.433 e. The van der Waals surface area contributed by atoms with Gasteiger partial charge in [0.2, 0.25) is 5.95 Å². The van der Waals surface area contributed by atoms with Crippen molar-refractivity contribution in [3.05, 3.63) is 47.8 Å². The van der Waals surface area contributed by atoms with Crippen LogP contribution in [0.4, 0.5) is 19.1 Å². The zero-order valence-corrected chi connectivity index (χ0v) is 14.5.